The van der Waals surface area contributed by atoms with Crippen molar-refractivity contribution < 1.29 is 19.0 Å². The molecule has 0 bridgehead atoms. The zero-order chi connectivity index (χ0) is 16.5. The summed E-state index contributed by atoms with van der Waals surface area (Å²) < 4.78 is 19.6. The maximum absolute atomic E-state index is 14.1. The molecular formula is C18H20FNO3. The summed E-state index contributed by atoms with van der Waals surface area (Å²) in [5.74, 6) is -0.535. The third kappa shape index (κ3) is 5.16. The van der Waals surface area contributed by atoms with E-state index in [-0.39, 0.29) is 18.0 Å². The number of ketones is 1. The molecule has 0 aliphatic carbocycles. The first-order valence-electron chi connectivity index (χ1n) is 7.56. The zero-order valence-corrected chi connectivity index (χ0v) is 12.8. The van der Waals surface area contributed by atoms with Crippen LogP contribution in [0.1, 0.15) is 22.3 Å². The van der Waals surface area contributed by atoms with Gasteiger partial charge < -0.3 is 15.2 Å². The van der Waals surface area contributed by atoms with Gasteiger partial charge in [0.25, 0.3) is 0 Å². The minimum Gasteiger partial charge on any atom is -0.493 e. The van der Waals surface area contributed by atoms with Gasteiger partial charge in [-0.3, -0.25) is 4.79 Å². The lowest BCUT2D eigenvalue weighted by Gasteiger charge is -2.08. The van der Waals surface area contributed by atoms with Crippen molar-refractivity contribution in [1.82, 2.24) is 5.32 Å². The smallest absolute Gasteiger partial charge is 0.195 e. The quantitative estimate of drug-likeness (QED) is 0.551. The number of nitrogens with one attached hydrogen (secondary N) is 1. The number of hydrogen-bond donors (Lipinski definition) is 2. The van der Waals surface area contributed by atoms with E-state index in [1.165, 1.54) is 12.1 Å². The SMILES string of the molecule is O=C(c1ccccc1)c1ccc(OCCCNCCO)cc1F. The van der Waals surface area contributed by atoms with Crippen molar-refractivity contribution in [2.45, 2.75) is 6.42 Å². The minimum atomic E-state index is -0.588. The number of carbonyl (C=O) groups excluding carboxylic acids is 1. The highest BCUT2D eigenvalue weighted by Gasteiger charge is 2.14. The Bertz CT molecular complexity index is 631. The molecule has 0 aliphatic heterocycles. The summed E-state index contributed by atoms with van der Waals surface area (Å²) in [6.07, 6.45) is 0.742. The predicted molar refractivity (Wildman–Crippen MR) is 86.3 cm³/mol. The van der Waals surface area contributed by atoms with Gasteiger partial charge >= 0.3 is 0 Å². The van der Waals surface area contributed by atoms with Crippen LogP contribution in [0, 0.1) is 5.82 Å². The highest BCUT2D eigenvalue weighted by Crippen LogP contribution is 2.19. The number of ether oxygens (including phenoxy) is 1. The average Bonchev–Trinajstić information content (AvgIpc) is 2.58. The van der Waals surface area contributed by atoms with Crippen LogP contribution in [-0.4, -0.2) is 37.2 Å². The van der Waals surface area contributed by atoms with Crippen LogP contribution in [-0.2, 0) is 0 Å². The van der Waals surface area contributed by atoms with Gasteiger partial charge in [0.05, 0.1) is 18.8 Å². The highest BCUT2D eigenvalue weighted by molar-refractivity contribution is 6.09. The van der Waals surface area contributed by atoms with E-state index < -0.39 is 5.82 Å². The largest absolute Gasteiger partial charge is 0.493 e. The van der Waals surface area contributed by atoms with Crippen molar-refractivity contribution >= 4 is 5.78 Å². The number of benzene rings is 2. The second-order valence-electron chi connectivity index (χ2n) is 5.01. The molecule has 122 valence electrons. The Hall–Kier alpha value is -2.24. The molecule has 0 saturated carbocycles. The van der Waals surface area contributed by atoms with E-state index in [1.54, 1.807) is 36.4 Å². The number of rotatable bonds is 9. The molecule has 0 heterocycles. The minimum absolute atomic E-state index is 0.0353. The number of hydrogen-bond acceptors (Lipinski definition) is 4. The van der Waals surface area contributed by atoms with E-state index in [1.807, 2.05) is 0 Å². The lowest BCUT2D eigenvalue weighted by Crippen LogP contribution is -2.20. The Kier molecular flexibility index (Phi) is 6.72. The van der Waals surface area contributed by atoms with Gasteiger partial charge in [-0.2, -0.15) is 0 Å². The van der Waals surface area contributed by atoms with E-state index in [0.717, 1.165) is 6.42 Å². The molecule has 0 unspecified atom stereocenters. The second-order valence-corrected chi connectivity index (χ2v) is 5.01. The molecule has 2 aromatic rings. The molecule has 0 saturated heterocycles. The average molecular weight is 317 g/mol. The summed E-state index contributed by atoms with van der Waals surface area (Å²) in [6.45, 7) is 1.80. The summed E-state index contributed by atoms with van der Waals surface area (Å²) in [5, 5.41) is 11.6. The Morgan fingerprint density at radius 3 is 2.61 bits per heavy atom. The molecule has 0 aromatic heterocycles. The standard InChI is InChI=1S/C18H20FNO3/c19-17-13-15(23-12-4-9-20-10-11-21)7-8-16(17)18(22)14-5-2-1-3-6-14/h1-3,5-8,13,20-21H,4,9-12H2. The lowest BCUT2D eigenvalue weighted by molar-refractivity contribution is 0.103. The number of aliphatic hydroxyl groups excluding tert-OH is 1. The number of aliphatic hydroxyl groups is 1. The Morgan fingerprint density at radius 2 is 1.91 bits per heavy atom. The van der Waals surface area contributed by atoms with Gasteiger partial charge in [0, 0.05) is 18.2 Å². The van der Waals surface area contributed by atoms with Crippen LogP contribution < -0.4 is 10.1 Å². The van der Waals surface area contributed by atoms with Crippen LogP contribution in [0.25, 0.3) is 0 Å². The van der Waals surface area contributed by atoms with Crippen LogP contribution in [0.4, 0.5) is 4.39 Å². The summed E-state index contributed by atoms with van der Waals surface area (Å²) >= 11 is 0. The molecule has 0 fully saturated rings. The molecule has 2 rings (SSSR count). The molecule has 0 radical (unpaired) electrons. The molecule has 5 heteroatoms. The van der Waals surface area contributed by atoms with E-state index in [0.29, 0.717) is 31.0 Å². The molecule has 4 nitrogen and oxygen atoms in total. The molecular weight excluding hydrogens is 297 g/mol. The normalized spacial score (nSPS) is 10.5. The number of carbonyl (C=O) groups is 1. The van der Waals surface area contributed by atoms with Crippen LogP contribution in [0.5, 0.6) is 5.75 Å². The third-order valence-electron chi connectivity index (χ3n) is 3.28. The van der Waals surface area contributed by atoms with Gasteiger partial charge in [-0.05, 0) is 25.1 Å². The van der Waals surface area contributed by atoms with Crippen molar-refractivity contribution in [3.63, 3.8) is 0 Å². The molecule has 0 atom stereocenters. The van der Waals surface area contributed by atoms with E-state index in [9.17, 15) is 9.18 Å². The van der Waals surface area contributed by atoms with Crippen LogP contribution in [0.15, 0.2) is 48.5 Å². The van der Waals surface area contributed by atoms with Crippen molar-refractivity contribution in [2.75, 3.05) is 26.3 Å². The molecule has 0 spiro atoms. The van der Waals surface area contributed by atoms with Crippen LogP contribution in [0.3, 0.4) is 0 Å². The lowest BCUT2D eigenvalue weighted by atomic mass is 10.0. The van der Waals surface area contributed by atoms with Crippen molar-refractivity contribution in [2.24, 2.45) is 0 Å². The van der Waals surface area contributed by atoms with Gasteiger partial charge in [-0.25, -0.2) is 4.39 Å². The highest BCUT2D eigenvalue weighted by atomic mass is 19.1. The molecule has 2 N–H and O–H groups in total. The summed E-state index contributed by atoms with van der Waals surface area (Å²) in [6, 6.07) is 12.9. The molecule has 0 aliphatic rings. The maximum atomic E-state index is 14.1. The fourth-order valence-electron chi connectivity index (χ4n) is 2.11. The van der Waals surface area contributed by atoms with Crippen molar-refractivity contribution in [3.8, 4) is 5.75 Å². The molecule has 2 aromatic carbocycles. The van der Waals surface area contributed by atoms with E-state index >= 15 is 0 Å². The van der Waals surface area contributed by atoms with E-state index in [4.69, 9.17) is 9.84 Å². The fraction of sp³-hybridized carbons (Fsp3) is 0.278. The Morgan fingerprint density at radius 1 is 1.13 bits per heavy atom. The number of halogens is 1. The molecule has 23 heavy (non-hydrogen) atoms. The monoisotopic (exact) mass is 317 g/mol. The van der Waals surface area contributed by atoms with Crippen molar-refractivity contribution in [3.05, 3.63) is 65.5 Å². The first-order valence-corrected chi connectivity index (χ1v) is 7.56. The van der Waals surface area contributed by atoms with Crippen LogP contribution >= 0.6 is 0 Å². The zero-order valence-electron chi connectivity index (χ0n) is 12.8. The predicted octanol–water partition coefficient (Wildman–Crippen LogP) is 2.41. The fourth-order valence-corrected chi connectivity index (χ4v) is 2.11. The van der Waals surface area contributed by atoms with Gasteiger partial charge in [0.15, 0.2) is 5.78 Å². The summed E-state index contributed by atoms with van der Waals surface area (Å²) in [7, 11) is 0. The Labute approximate surface area is 134 Å². The topological polar surface area (TPSA) is 58.6 Å². The summed E-state index contributed by atoms with van der Waals surface area (Å²) in [4.78, 5) is 12.2. The first-order chi connectivity index (χ1) is 11.2. The second kappa shape index (κ2) is 9.02. The third-order valence-corrected chi connectivity index (χ3v) is 3.28. The Balaban J connectivity index is 1.92. The van der Waals surface area contributed by atoms with Crippen LogP contribution in [0.2, 0.25) is 0 Å². The van der Waals surface area contributed by atoms with Crippen molar-refractivity contribution in [1.29, 1.82) is 0 Å². The van der Waals surface area contributed by atoms with Gasteiger partial charge in [-0.15, -0.1) is 0 Å². The molecule has 0 amide bonds. The van der Waals surface area contributed by atoms with Gasteiger partial charge in [0.1, 0.15) is 11.6 Å². The summed E-state index contributed by atoms with van der Waals surface area (Å²) in [5.41, 5.74) is 0.489. The van der Waals surface area contributed by atoms with Gasteiger partial charge in [0.2, 0.25) is 0 Å². The van der Waals surface area contributed by atoms with Gasteiger partial charge in [-0.1, -0.05) is 30.3 Å². The maximum Gasteiger partial charge on any atom is 0.195 e. The first kappa shape index (κ1) is 17.1. The van der Waals surface area contributed by atoms with E-state index in [2.05, 4.69) is 5.32 Å².